The molecule has 7 N–H and O–H groups in total. The highest BCUT2D eigenvalue weighted by molar-refractivity contribution is 6.45. The maximum Gasteiger partial charge on any atom is 0.267 e. The van der Waals surface area contributed by atoms with Crippen LogP contribution in [0.15, 0.2) is 6.33 Å². The molecule has 1 amide bonds. The molecule has 0 fully saturated rings. The van der Waals surface area contributed by atoms with E-state index in [0.717, 1.165) is 6.33 Å². The number of carbonyl (C=O) groups is 1. The van der Waals surface area contributed by atoms with Gasteiger partial charge in [0.25, 0.3) is 5.91 Å². The van der Waals surface area contributed by atoms with E-state index in [-0.39, 0.29) is 17.2 Å². The summed E-state index contributed by atoms with van der Waals surface area (Å²) < 4.78 is 0. The summed E-state index contributed by atoms with van der Waals surface area (Å²) in [5.41, 5.74) is 15.1. The lowest BCUT2D eigenvalue weighted by molar-refractivity contribution is -0.112. The highest BCUT2D eigenvalue weighted by atomic mass is 16.1. The Kier molecular flexibility index (Phi) is 2.09. The van der Waals surface area contributed by atoms with Crippen LogP contribution >= 0.6 is 0 Å². The van der Waals surface area contributed by atoms with E-state index >= 15 is 0 Å². The van der Waals surface area contributed by atoms with Gasteiger partial charge in [-0.2, -0.15) is 0 Å². The lowest BCUT2D eigenvalue weighted by Gasteiger charge is -2.04. The minimum atomic E-state index is -0.923. The third kappa shape index (κ3) is 1.53. The smallest absolute Gasteiger partial charge is 0.267 e. The number of nitrogen functional groups attached to an aromatic ring is 2. The van der Waals surface area contributed by atoms with Crippen LogP contribution in [0.25, 0.3) is 0 Å². The van der Waals surface area contributed by atoms with Crippen LogP contribution in [0.4, 0.5) is 11.6 Å². The Bertz CT molecular complexity index is 353. The summed E-state index contributed by atoms with van der Waals surface area (Å²) in [7, 11) is 0. The third-order valence-electron chi connectivity index (χ3n) is 1.40. The van der Waals surface area contributed by atoms with E-state index in [1.807, 2.05) is 0 Å². The van der Waals surface area contributed by atoms with Gasteiger partial charge in [0.15, 0.2) is 0 Å². The van der Waals surface area contributed by atoms with Gasteiger partial charge in [0.2, 0.25) is 0 Å². The van der Waals surface area contributed by atoms with Crippen molar-refractivity contribution in [3.63, 3.8) is 0 Å². The Morgan fingerprint density at radius 1 is 1.31 bits per heavy atom. The largest absolute Gasteiger partial charge is 0.383 e. The Hall–Kier alpha value is -2.18. The minimum absolute atomic E-state index is 0.0185. The van der Waals surface area contributed by atoms with Crippen molar-refractivity contribution in [1.82, 2.24) is 9.97 Å². The molecule has 0 saturated carbocycles. The first-order valence-corrected chi connectivity index (χ1v) is 3.28. The van der Waals surface area contributed by atoms with Gasteiger partial charge in [0.05, 0.1) is 5.56 Å². The number of nitrogens with two attached hydrogens (primary N) is 3. The third-order valence-corrected chi connectivity index (χ3v) is 1.40. The molecular formula is C6H8N6O. The standard InChI is InChI=1S/C6H8N6O/c7-3(6(10)13)2-4(8)11-1-12-5(2)9/h1,7H,(H2,10,13)(H4,8,9,11,12). The molecule has 0 unspecified atom stereocenters. The average molecular weight is 180 g/mol. The Labute approximate surface area is 73.5 Å². The summed E-state index contributed by atoms with van der Waals surface area (Å²) >= 11 is 0. The molecule has 0 aliphatic heterocycles. The second-order valence-corrected chi connectivity index (χ2v) is 2.26. The van der Waals surface area contributed by atoms with Crippen LogP contribution in [0, 0.1) is 5.41 Å². The number of nitrogens with zero attached hydrogens (tertiary/aromatic N) is 2. The van der Waals surface area contributed by atoms with Crippen LogP contribution < -0.4 is 17.2 Å². The van der Waals surface area contributed by atoms with Gasteiger partial charge in [-0.1, -0.05) is 0 Å². The van der Waals surface area contributed by atoms with Crippen molar-refractivity contribution >= 4 is 23.3 Å². The molecule has 0 radical (unpaired) electrons. The number of carbonyl (C=O) groups excluding carboxylic acids is 1. The van der Waals surface area contributed by atoms with E-state index in [0.29, 0.717) is 0 Å². The molecule has 0 bridgehead atoms. The maximum atomic E-state index is 10.6. The normalized spacial score (nSPS) is 9.54. The molecule has 0 atom stereocenters. The molecule has 1 aromatic heterocycles. The summed E-state index contributed by atoms with van der Waals surface area (Å²) in [6.07, 6.45) is 1.14. The van der Waals surface area contributed by atoms with Crippen molar-refractivity contribution < 1.29 is 4.79 Å². The lowest BCUT2D eigenvalue weighted by atomic mass is 10.1. The highest BCUT2D eigenvalue weighted by Crippen LogP contribution is 2.13. The lowest BCUT2D eigenvalue weighted by Crippen LogP contribution is -2.25. The van der Waals surface area contributed by atoms with Crippen molar-refractivity contribution in [3.05, 3.63) is 11.9 Å². The number of rotatable bonds is 2. The molecule has 68 valence electrons. The number of amides is 1. The first-order chi connectivity index (χ1) is 6.04. The Morgan fingerprint density at radius 2 is 1.77 bits per heavy atom. The van der Waals surface area contributed by atoms with Gasteiger partial charge in [0, 0.05) is 0 Å². The molecule has 1 heterocycles. The SMILES string of the molecule is N=C(C(N)=O)c1c(N)ncnc1N. The Balaban J connectivity index is 3.28. The van der Waals surface area contributed by atoms with Gasteiger partial charge in [0.1, 0.15) is 23.7 Å². The fourth-order valence-corrected chi connectivity index (χ4v) is 0.793. The quantitative estimate of drug-likeness (QED) is 0.409. The van der Waals surface area contributed by atoms with E-state index in [4.69, 9.17) is 22.6 Å². The summed E-state index contributed by atoms with van der Waals surface area (Å²) in [6.45, 7) is 0. The van der Waals surface area contributed by atoms with E-state index in [1.165, 1.54) is 0 Å². The molecule has 1 aromatic rings. The second kappa shape index (κ2) is 3.05. The number of nitrogens with one attached hydrogen (secondary N) is 1. The zero-order valence-electron chi connectivity index (χ0n) is 6.61. The zero-order chi connectivity index (χ0) is 10.0. The number of anilines is 2. The molecule has 7 heteroatoms. The predicted octanol–water partition coefficient (Wildman–Crippen LogP) is -1.51. The maximum absolute atomic E-state index is 10.6. The second-order valence-electron chi connectivity index (χ2n) is 2.26. The summed E-state index contributed by atoms with van der Waals surface area (Å²) in [6, 6.07) is 0. The van der Waals surface area contributed by atoms with Crippen LogP contribution in [0.1, 0.15) is 5.56 Å². The van der Waals surface area contributed by atoms with Crippen molar-refractivity contribution in [2.45, 2.75) is 0 Å². The van der Waals surface area contributed by atoms with Crippen LogP contribution in [0.5, 0.6) is 0 Å². The molecule has 0 aliphatic rings. The predicted molar refractivity (Wildman–Crippen MR) is 46.9 cm³/mol. The fourth-order valence-electron chi connectivity index (χ4n) is 0.793. The van der Waals surface area contributed by atoms with Gasteiger partial charge in [-0.3, -0.25) is 10.2 Å². The molecule has 1 rings (SSSR count). The average Bonchev–Trinajstić information content (AvgIpc) is 2.03. The van der Waals surface area contributed by atoms with Gasteiger partial charge in [-0.15, -0.1) is 0 Å². The summed E-state index contributed by atoms with van der Waals surface area (Å²) in [4.78, 5) is 17.8. The van der Waals surface area contributed by atoms with Gasteiger partial charge in [-0.05, 0) is 0 Å². The van der Waals surface area contributed by atoms with Crippen LogP contribution in [0.2, 0.25) is 0 Å². The van der Waals surface area contributed by atoms with Crippen molar-refractivity contribution in [3.8, 4) is 0 Å². The van der Waals surface area contributed by atoms with Crippen LogP contribution in [0.3, 0.4) is 0 Å². The number of primary amides is 1. The number of hydrogen-bond donors (Lipinski definition) is 4. The van der Waals surface area contributed by atoms with Crippen molar-refractivity contribution in [2.75, 3.05) is 11.5 Å². The molecule has 0 aromatic carbocycles. The molecular weight excluding hydrogens is 172 g/mol. The monoisotopic (exact) mass is 180 g/mol. The number of hydrogen-bond acceptors (Lipinski definition) is 6. The minimum Gasteiger partial charge on any atom is -0.383 e. The summed E-state index contributed by atoms with van der Waals surface area (Å²) in [5, 5.41) is 7.25. The number of aromatic nitrogens is 2. The topological polar surface area (TPSA) is 145 Å². The molecule has 7 nitrogen and oxygen atoms in total. The molecule has 13 heavy (non-hydrogen) atoms. The van der Waals surface area contributed by atoms with Gasteiger partial charge < -0.3 is 17.2 Å². The summed E-state index contributed by atoms with van der Waals surface area (Å²) in [5.74, 6) is -0.985. The van der Waals surface area contributed by atoms with Crippen molar-refractivity contribution in [2.24, 2.45) is 5.73 Å². The molecule has 0 saturated heterocycles. The first kappa shape index (κ1) is 8.91. The Morgan fingerprint density at radius 3 is 2.15 bits per heavy atom. The molecule has 0 spiro atoms. The molecule has 0 aliphatic carbocycles. The van der Waals surface area contributed by atoms with Gasteiger partial charge >= 0.3 is 0 Å². The van der Waals surface area contributed by atoms with E-state index in [2.05, 4.69) is 9.97 Å². The van der Waals surface area contributed by atoms with Crippen molar-refractivity contribution in [1.29, 1.82) is 5.41 Å². The van der Waals surface area contributed by atoms with E-state index < -0.39 is 11.6 Å². The van der Waals surface area contributed by atoms with Crippen LogP contribution in [-0.2, 0) is 4.79 Å². The first-order valence-electron chi connectivity index (χ1n) is 3.28. The van der Waals surface area contributed by atoms with E-state index in [9.17, 15) is 4.79 Å². The van der Waals surface area contributed by atoms with E-state index in [1.54, 1.807) is 0 Å². The zero-order valence-corrected chi connectivity index (χ0v) is 6.61. The van der Waals surface area contributed by atoms with Crippen LogP contribution in [-0.4, -0.2) is 21.6 Å². The van der Waals surface area contributed by atoms with Gasteiger partial charge in [-0.25, -0.2) is 9.97 Å². The highest BCUT2D eigenvalue weighted by Gasteiger charge is 2.16. The fraction of sp³-hybridized carbons (Fsp3) is 0.